The summed E-state index contributed by atoms with van der Waals surface area (Å²) in [5.74, 6) is -1.58. The average Bonchev–Trinajstić information content (AvgIpc) is 2.98. The molecule has 34 heavy (non-hydrogen) atoms. The average molecular weight is 492 g/mol. The Morgan fingerprint density at radius 2 is 1.82 bits per heavy atom. The third-order valence-electron chi connectivity index (χ3n) is 5.15. The summed E-state index contributed by atoms with van der Waals surface area (Å²) in [5.41, 5.74) is -0.770. The molecule has 0 saturated heterocycles. The molecule has 1 N–H and O–H groups in total. The van der Waals surface area contributed by atoms with Gasteiger partial charge in [-0.05, 0) is 56.7 Å². The fourth-order valence-corrected chi connectivity index (χ4v) is 4.56. The largest absolute Gasteiger partial charge is 0.444 e. The van der Waals surface area contributed by atoms with Gasteiger partial charge in [-0.1, -0.05) is 11.3 Å². The molecule has 0 fully saturated rings. The van der Waals surface area contributed by atoms with Crippen LogP contribution in [0.3, 0.4) is 0 Å². The third-order valence-corrected chi connectivity index (χ3v) is 6.17. The number of rotatable bonds is 7. The van der Waals surface area contributed by atoms with Crippen LogP contribution in [0.25, 0.3) is 10.2 Å². The normalized spacial score (nSPS) is 13.4. The van der Waals surface area contributed by atoms with Gasteiger partial charge in [0.15, 0.2) is 0 Å². The van der Waals surface area contributed by atoms with Gasteiger partial charge in [0.05, 0.1) is 10.2 Å². The quantitative estimate of drug-likeness (QED) is 0.505. The van der Waals surface area contributed by atoms with Crippen molar-refractivity contribution in [3.63, 3.8) is 0 Å². The van der Waals surface area contributed by atoms with Crippen molar-refractivity contribution in [1.29, 1.82) is 0 Å². The van der Waals surface area contributed by atoms with E-state index < -0.39 is 28.9 Å². The first kappa shape index (κ1) is 25.4. The number of fused-ring (bicyclic) bond motifs is 1. The second kappa shape index (κ2) is 9.54. The lowest BCUT2D eigenvalue weighted by atomic mass is 9.91. The fraction of sp³-hybridized carbons (Fsp3) is 0.375. The van der Waals surface area contributed by atoms with E-state index in [1.165, 1.54) is 4.57 Å². The Morgan fingerprint density at radius 3 is 2.41 bits per heavy atom. The van der Waals surface area contributed by atoms with Crippen molar-refractivity contribution in [2.75, 3.05) is 18.5 Å². The third kappa shape index (κ3) is 5.99. The highest BCUT2D eigenvalue weighted by atomic mass is 32.1. The molecule has 1 heterocycles. The van der Waals surface area contributed by atoms with Crippen molar-refractivity contribution >= 4 is 39.6 Å². The first-order chi connectivity index (χ1) is 15.8. The van der Waals surface area contributed by atoms with E-state index in [1.54, 1.807) is 58.0 Å². The number of hydrogen-bond donors (Lipinski definition) is 1. The lowest BCUT2D eigenvalue weighted by molar-refractivity contribution is -0.113. The smallest absolute Gasteiger partial charge is 0.408 e. The van der Waals surface area contributed by atoms with E-state index >= 15 is 0 Å². The van der Waals surface area contributed by atoms with Crippen molar-refractivity contribution in [3.05, 3.63) is 63.3 Å². The maximum Gasteiger partial charge on any atom is 0.408 e. The summed E-state index contributed by atoms with van der Waals surface area (Å²) in [6.45, 7) is 5.02. The zero-order chi connectivity index (χ0) is 25.3. The Bertz CT molecular complexity index is 1260. The summed E-state index contributed by atoms with van der Waals surface area (Å²) in [7, 11) is 3.38. The Balaban J connectivity index is 1.97. The van der Waals surface area contributed by atoms with Gasteiger partial charge in [0.1, 0.15) is 29.1 Å². The van der Waals surface area contributed by atoms with Gasteiger partial charge >= 0.3 is 11.0 Å². The van der Waals surface area contributed by atoms with Gasteiger partial charge in [0, 0.05) is 38.8 Å². The number of carbonyl (C=O) groups is 2. The van der Waals surface area contributed by atoms with Crippen LogP contribution in [0.2, 0.25) is 0 Å². The molecule has 7 nitrogen and oxygen atoms in total. The van der Waals surface area contributed by atoms with Gasteiger partial charge < -0.3 is 24.3 Å². The molecule has 0 unspecified atom stereocenters. The van der Waals surface area contributed by atoms with Gasteiger partial charge in [-0.3, -0.25) is 4.79 Å². The van der Waals surface area contributed by atoms with E-state index in [0.717, 1.165) is 39.8 Å². The fourth-order valence-electron chi connectivity index (χ4n) is 3.70. The zero-order valence-electron chi connectivity index (χ0n) is 19.6. The minimum absolute atomic E-state index is 0.0303. The number of nitrogens with zero attached hydrogens (tertiary/aromatic N) is 2. The highest BCUT2D eigenvalue weighted by Gasteiger charge is 2.36. The Kier molecular flexibility index (Phi) is 7.11. The monoisotopic (exact) mass is 491 g/mol. The minimum atomic E-state index is -1.56. The molecular weight excluding hydrogens is 464 g/mol. The molecule has 3 aromatic rings. The van der Waals surface area contributed by atoms with E-state index in [2.05, 4.69) is 5.32 Å². The molecular formula is C24H27F2N3O4S. The standard InChI is InChI=1S/C24H27F2N3O4S/c1-23(2,3)33-21(31)27-24(14-30,12-15-8-16(25)10-17(26)9-15)13-28(4)18-6-7-20-19(11-18)29(5)22(32)34-20/h6-11,14H,12-13H2,1-5H3,(H,27,31)/t24-/m1/s1. The maximum absolute atomic E-state index is 13.8. The molecule has 1 aromatic heterocycles. The summed E-state index contributed by atoms with van der Waals surface area (Å²) < 4.78 is 35.3. The second-order valence-electron chi connectivity index (χ2n) is 9.29. The Morgan fingerprint density at radius 1 is 1.18 bits per heavy atom. The molecule has 0 aliphatic rings. The van der Waals surface area contributed by atoms with Crippen LogP contribution in [0.4, 0.5) is 19.3 Å². The molecule has 0 radical (unpaired) electrons. The van der Waals surface area contributed by atoms with Crippen molar-refractivity contribution in [3.8, 4) is 0 Å². The number of halogens is 2. The molecule has 0 spiro atoms. The molecule has 0 aliphatic heterocycles. The van der Waals surface area contributed by atoms with Crippen LogP contribution in [0.5, 0.6) is 0 Å². The summed E-state index contributed by atoms with van der Waals surface area (Å²) in [5, 5.41) is 2.61. The van der Waals surface area contributed by atoms with Crippen LogP contribution in [0.15, 0.2) is 41.2 Å². The first-order valence-corrected chi connectivity index (χ1v) is 11.4. The van der Waals surface area contributed by atoms with Crippen molar-refractivity contribution in [2.45, 2.75) is 38.3 Å². The van der Waals surface area contributed by atoms with E-state index in [0.29, 0.717) is 12.0 Å². The van der Waals surface area contributed by atoms with E-state index in [1.807, 2.05) is 0 Å². The van der Waals surface area contributed by atoms with Gasteiger partial charge in [-0.15, -0.1) is 0 Å². The molecule has 1 atom stereocenters. The van der Waals surface area contributed by atoms with Gasteiger partial charge in [0.2, 0.25) is 0 Å². The lowest BCUT2D eigenvalue weighted by Crippen LogP contribution is -2.58. The zero-order valence-corrected chi connectivity index (χ0v) is 20.5. The predicted molar refractivity (Wildman–Crippen MR) is 129 cm³/mol. The van der Waals surface area contributed by atoms with Crippen molar-refractivity contribution in [1.82, 2.24) is 9.88 Å². The SMILES string of the molecule is CN(C[C@@](C=O)(Cc1cc(F)cc(F)c1)NC(=O)OC(C)(C)C)c1ccc2sc(=O)n(C)c2c1. The predicted octanol–water partition coefficient (Wildman–Crippen LogP) is 4.02. The molecule has 1 amide bonds. The summed E-state index contributed by atoms with van der Waals surface area (Å²) in [6.07, 6.45) is -0.455. The number of hydrogen-bond acceptors (Lipinski definition) is 6. The number of amides is 1. The minimum Gasteiger partial charge on any atom is -0.444 e. The van der Waals surface area contributed by atoms with Crippen LogP contribution in [0.1, 0.15) is 26.3 Å². The molecule has 0 saturated carbocycles. The molecule has 3 rings (SSSR count). The molecule has 0 aliphatic carbocycles. The van der Waals surface area contributed by atoms with Gasteiger partial charge in [-0.2, -0.15) is 0 Å². The van der Waals surface area contributed by atoms with Crippen LogP contribution in [0, 0.1) is 11.6 Å². The van der Waals surface area contributed by atoms with E-state index in [9.17, 15) is 23.2 Å². The number of thiazole rings is 1. The number of likely N-dealkylation sites (N-methyl/N-ethyl adjacent to an activating group) is 1. The maximum atomic E-state index is 13.8. The van der Waals surface area contributed by atoms with E-state index in [4.69, 9.17) is 4.74 Å². The van der Waals surface area contributed by atoms with Crippen molar-refractivity contribution in [2.24, 2.45) is 7.05 Å². The summed E-state index contributed by atoms with van der Waals surface area (Å²) >= 11 is 1.12. The second-order valence-corrected chi connectivity index (χ2v) is 10.3. The van der Waals surface area contributed by atoms with Crippen molar-refractivity contribution < 1.29 is 23.1 Å². The number of aryl methyl sites for hydroxylation is 1. The lowest BCUT2D eigenvalue weighted by Gasteiger charge is -2.35. The topological polar surface area (TPSA) is 80.6 Å². The van der Waals surface area contributed by atoms with Crippen LogP contribution in [-0.2, 0) is 23.0 Å². The number of benzene rings is 2. The number of aromatic nitrogens is 1. The number of ether oxygens (including phenoxy) is 1. The molecule has 10 heteroatoms. The van der Waals surface area contributed by atoms with Crippen LogP contribution < -0.4 is 15.1 Å². The molecule has 2 aromatic carbocycles. The Hall–Kier alpha value is -3.27. The van der Waals surface area contributed by atoms with Crippen LogP contribution in [-0.4, -0.2) is 41.7 Å². The highest BCUT2D eigenvalue weighted by Crippen LogP contribution is 2.25. The summed E-state index contributed by atoms with van der Waals surface area (Å²) in [4.78, 5) is 38.6. The Labute approximate surface area is 199 Å². The van der Waals surface area contributed by atoms with Gasteiger partial charge in [-0.25, -0.2) is 13.6 Å². The van der Waals surface area contributed by atoms with Gasteiger partial charge in [0.25, 0.3) is 0 Å². The number of alkyl carbamates (subject to hydrolysis) is 1. The van der Waals surface area contributed by atoms with Crippen LogP contribution >= 0.6 is 11.3 Å². The number of anilines is 1. The molecule has 0 bridgehead atoms. The number of carbonyl (C=O) groups excluding carboxylic acids is 2. The molecule has 182 valence electrons. The highest BCUT2D eigenvalue weighted by molar-refractivity contribution is 7.16. The summed E-state index contributed by atoms with van der Waals surface area (Å²) in [6, 6.07) is 8.37. The van der Waals surface area contributed by atoms with E-state index in [-0.39, 0.29) is 23.4 Å². The number of aldehydes is 1. The first-order valence-electron chi connectivity index (χ1n) is 10.5. The number of nitrogens with one attached hydrogen (secondary N) is 1.